The molecule has 0 aliphatic carbocycles. The molecule has 0 bridgehead atoms. The van der Waals surface area contributed by atoms with Crippen molar-refractivity contribution in [1.29, 1.82) is 0 Å². The maximum Gasteiger partial charge on any atom is 0.0468 e. The minimum absolute atomic E-state index is 0.266. The Morgan fingerprint density at radius 3 is 2.67 bits per heavy atom. The molecule has 1 aromatic rings. The van der Waals surface area contributed by atoms with E-state index < -0.39 is 0 Å². The fourth-order valence-electron chi connectivity index (χ4n) is 2.80. The number of nitrogens with two attached hydrogens (primary N) is 1. The van der Waals surface area contributed by atoms with Crippen LogP contribution in [0.2, 0.25) is 10.0 Å². The Bertz CT molecular complexity index is 412. The molecule has 2 N–H and O–H groups in total. The molecular formula is C14H20Cl2N2. The third-order valence-corrected chi connectivity index (χ3v) is 4.24. The number of halogens is 2. The van der Waals surface area contributed by atoms with Crippen molar-refractivity contribution in [3.05, 3.63) is 33.8 Å². The van der Waals surface area contributed by atoms with Gasteiger partial charge in [0.1, 0.15) is 0 Å². The highest BCUT2D eigenvalue weighted by Gasteiger charge is 2.27. The van der Waals surface area contributed by atoms with Crippen LogP contribution in [0.5, 0.6) is 0 Å². The summed E-state index contributed by atoms with van der Waals surface area (Å²) in [7, 11) is 0. The molecule has 0 aromatic heterocycles. The van der Waals surface area contributed by atoms with Crippen LogP contribution < -0.4 is 5.73 Å². The van der Waals surface area contributed by atoms with Gasteiger partial charge in [0.15, 0.2) is 0 Å². The third-order valence-electron chi connectivity index (χ3n) is 3.68. The summed E-state index contributed by atoms with van der Waals surface area (Å²) in [5, 5.41) is 1.42. The minimum atomic E-state index is 0.266. The molecule has 1 aromatic carbocycles. The molecule has 1 aliphatic rings. The lowest BCUT2D eigenvalue weighted by Crippen LogP contribution is -2.47. The maximum atomic E-state index is 6.27. The molecule has 18 heavy (non-hydrogen) atoms. The Balaban J connectivity index is 2.17. The number of hydrogen-bond acceptors (Lipinski definition) is 2. The number of hydrogen-bond donors (Lipinski definition) is 1. The average molecular weight is 287 g/mol. The summed E-state index contributed by atoms with van der Waals surface area (Å²) in [6.45, 7) is 6.44. The van der Waals surface area contributed by atoms with Gasteiger partial charge in [-0.3, -0.25) is 4.90 Å². The predicted molar refractivity (Wildman–Crippen MR) is 78.2 cm³/mol. The quantitative estimate of drug-likeness (QED) is 0.898. The number of benzene rings is 1. The third kappa shape index (κ3) is 3.18. The SMILES string of the molecule is CC1CC(N)CN(C(C)c2ccc(Cl)cc2Cl)C1. The first kappa shape index (κ1) is 14.1. The summed E-state index contributed by atoms with van der Waals surface area (Å²) in [6.07, 6.45) is 1.11. The second kappa shape index (κ2) is 5.79. The van der Waals surface area contributed by atoms with Gasteiger partial charge in [0, 0.05) is 35.2 Å². The van der Waals surface area contributed by atoms with E-state index >= 15 is 0 Å². The van der Waals surface area contributed by atoms with Crippen molar-refractivity contribution in [3.8, 4) is 0 Å². The smallest absolute Gasteiger partial charge is 0.0468 e. The second-order valence-corrected chi connectivity index (χ2v) is 6.24. The molecule has 0 radical (unpaired) electrons. The number of rotatable bonds is 2. The Labute approximate surface area is 119 Å². The summed E-state index contributed by atoms with van der Waals surface area (Å²) in [4.78, 5) is 2.41. The van der Waals surface area contributed by atoms with E-state index in [-0.39, 0.29) is 12.1 Å². The Hall–Kier alpha value is -0.280. The molecule has 0 amide bonds. The van der Waals surface area contributed by atoms with Crippen molar-refractivity contribution < 1.29 is 0 Å². The molecule has 1 saturated heterocycles. The molecule has 0 spiro atoms. The van der Waals surface area contributed by atoms with Crippen molar-refractivity contribution in [2.45, 2.75) is 32.4 Å². The standard InChI is InChI=1S/C14H20Cl2N2/c1-9-5-12(17)8-18(7-9)10(2)13-4-3-11(15)6-14(13)16/h3-4,6,9-10,12H,5,7-8,17H2,1-2H3. The van der Waals surface area contributed by atoms with E-state index in [1.807, 2.05) is 18.2 Å². The van der Waals surface area contributed by atoms with Gasteiger partial charge in [-0.05, 0) is 37.0 Å². The van der Waals surface area contributed by atoms with E-state index in [0.29, 0.717) is 10.9 Å². The largest absolute Gasteiger partial charge is 0.327 e. The van der Waals surface area contributed by atoms with Crippen LogP contribution in [0.25, 0.3) is 0 Å². The zero-order valence-corrected chi connectivity index (χ0v) is 12.4. The first-order valence-electron chi connectivity index (χ1n) is 6.42. The molecule has 2 nitrogen and oxygen atoms in total. The monoisotopic (exact) mass is 286 g/mol. The fourth-order valence-corrected chi connectivity index (χ4v) is 3.36. The molecule has 100 valence electrons. The highest BCUT2D eigenvalue weighted by molar-refractivity contribution is 6.35. The van der Waals surface area contributed by atoms with E-state index in [2.05, 4.69) is 18.7 Å². The Morgan fingerprint density at radius 1 is 1.33 bits per heavy atom. The van der Waals surface area contributed by atoms with Crippen molar-refractivity contribution in [1.82, 2.24) is 4.90 Å². The van der Waals surface area contributed by atoms with Gasteiger partial charge in [-0.15, -0.1) is 0 Å². The molecule has 4 heteroatoms. The van der Waals surface area contributed by atoms with E-state index in [1.54, 1.807) is 0 Å². The molecule has 2 rings (SSSR count). The number of nitrogens with zero attached hydrogens (tertiary/aromatic N) is 1. The zero-order valence-electron chi connectivity index (χ0n) is 10.9. The lowest BCUT2D eigenvalue weighted by Gasteiger charge is -2.39. The van der Waals surface area contributed by atoms with Crippen LogP contribution in [0.4, 0.5) is 0 Å². The Morgan fingerprint density at radius 2 is 2.06 bits per heavy atom. The fraction of sp³-hybridized carbons (Fsp3) is 0.571. The molecule has 1 fully saturated rings. The summed E-state index contributed by atoms with van der Waals surface area (Å²) in [5.74, 6) is 0.641. The Kier molecular flexibility index (Phi) is 4.54. The topological polar surface area (TPSA) is 29.3 Å². The molecule has 0 saturated carbocycles. The van der Waals surface area contributed by atoms with Gasteiger partial charge < -0.3 is 5.73 Å². The van der Waals surface area contributed by atoms with Crippen LogP contribution in [0, 0.1) is 5.92 Å². The van der Waals surface area contributed by atoms with Gasteiger partial charge in [0.05, 0.1) is 0 Å². The van der Waals surface area contributed by atoms with Gasteiger partial charge in [0.2, 0.25) is 0 Å². The number of piperidine rings is 1. The summed E-state index contributed by atoms with van der Waals surface area (Å²) < 4.78 is 0. The van der Waals surface area contributed by atoms with Gasteiger partial charge in [-0.25, -0.2) is 0 Å². The molecule has 3 unspecified atom stereocenters. The van der Waals surface area contributed by atoms with Crippen LogP contribution in [-0.2, 0) is 0 Å². The van der Waals surface area contributed by atoms with Crippen molar-refractivity contribution in [2.75, 3.05) is 13.1 Å². The van der Waals surface area contributed by atoms with Gasteiger partial charge in [-0.1, -0.05) is 36.2 Å². The van der Waals surface area contributed by atoms with Gasteiger partial charge >= 0.3 is 0 Å². The van der Waals surface area contributed by atoms with Crippen molar-refractivity contribution in [2.24, 2.45) is 11.7 Å². The summed E-state index contributed by atoms with van der Waals surface area (Å²) in [6, 6.07) is 6.26. The predicted octanol–water partition coefficient (Wildman–Crippen LogP) is 3.72. The summed E-state index contributed by atoms with van der Waals surface area (Å²) in [5.41, 5.74) is 7.23. The summed E-state index contributed by atoms with van der Waals surface area (Å²) >= 11 is 12.2. The van der Waals surface area contributed by atoms with E-state index in [9.17, 15) is 0 Å². The minimum Gasteiger partial charge on any atom is -0.327 e. The van der Waals surface area contributed by atoms with Gasteiger partial charge in [-0.2, -0.15) is 0 Å². The first-order chi connectivity index (χ1) is 8.47. The molecule has 3 atom stereocenters. The van der Waals surface area contributed by atoms with Crippen molar-refractivity contribution in [3.63, 3.8) is 0 Å². The first-order valence-corrected chi connectivity index (χ1v) is 7.17. The van der Waals surface area contributed by atoms with Crippen molar-refractivity contribution >= 4 is 23.2 Å². The zero-order chi connectivity index (χ0) is 13.3. The van der Waals surface area contributed by atoms with Crippen LogP contribution in [0.3, 0.4) is 0 Å². The number of likely N-dealkylation sites (tertiary alicyclic amines) is 1. The highest BCUT2D eigenvalue weighted by Crippen LogP contribution is 2.31. The highest BCUT2D eigenvalue weighted by atomic mass is 35.5. The van der Waals surface area contributed by atoms with E-state index in [4.69, 9.17) is 28.9 Å². The normalized spacial score (nSPS) is 27.2. The average Bonchev–Trinajstić information content (AvgIpc) is 2.26. The lowest BCUT2D eigenvalue weighted by molar-refractivity contribution is 0.124. The van der Waals surface area contributed by atoms with Crippen LogP contribution in [0.1, 0.15) is 31.9 Å². The van der Waals surface area contributed by atoms with Crippen LogP contribution >= 0.6 is 23.2 Å². The van der Waals surface area contributed by atoms with Gasteiger partial charge in [0.25, 0.3) is 0 Å². The van der Waals surface area contributed by atoms with E-state index in [0.717, 1.165) is 30.1 Å². The van der Waals surface area contributed by atoms with Crippen LogP contribution in [0.15, 0.2) is 18.2 Å². The van der Waals surface area contributed by atoms with E-state index in [1.165, 1.54) is 0 Å². The molecular weight excluding hydrogens is 267 g/mol. The maximum absolute atomic E-state index is 6.27. The second-order valence-electron chi connectivity index (χ2n) is 5.40. The molecule has 1 aliphatic heterocycles. The lowest BCUT2D eigenvalue weighted by atomic mass is 9.94. The van der Waals surface area contributed by atoms with Crippen LogP contribution in [-0.4, -0.2) is 24.0 Å². The molecule has 1 heterocycles.